The minimum Gasteiger partial charge on any atom is -0.383 e. The molecule has 8 nitrogen and oxygen atoms in total. The molecular weight excluding hydrogens is 485 g/mol. The van der Waals surface area contributed by atoms with E-state index in [1.54, 1.807) is 35.0 Å². The minimum absolute atomic E-state index is 0.0406. The Morgan fingerprint density at radius 2 is 1.86 bits per heavy atom. The predicted molar refractivity (Wildman–Crippen MR) is 133 cm³/mol. The van der Waals surface area contributed by atoms with Crippen LogP contribution in [-0.4, -0.2) is 26.6 Å². The monoisotopic (exact) mass is 507 g/mol. The number of nitrogen functional groups attached to an aromatic ring is 1. The zero-order valence-corrected chi connectivity index (χ0v) is 20.2. The second-order valence-electron chi connectivity index (χ2n) is 9.27. The van der Waals surface area contributed by atoms with E-state index in [0.29, 0.717) is 28.3 Å². The van der Waals surface area contributed by atoms with Crippen LogP contribution in [0.5, 0.6) is 0 Å². The molecule has 5 rings (SSSR count). The van der Waals surface area contributed by atoms with E-state index in [0.717, 1.165) is 18.4 Å². The second-order valence-corrected chi connectivity index (χ2v) is 9.68. The number of rotatable bonds is 8. The summed E-state index contributed by atoms with van der Waals surface area (Å²) in [4.78, 5) is 24.7. The fourth-order valence-electron chi connectivity index (χ4n) is 4.17. The smallest absolute Gasteiger partial charge is 0.254 e. The maximum Gasteiger partial charge on any atom is 0.254 e. The lowest BCUT2D eigenvalue weighted by atomic mass is 10.0. The van der Waals surface area contributed by atoms with Gasteiger partial charge in [0.25, 0.3) is 5.91 Å². The molecule has 4 N–H and O–H groups in total. The molecule has 1 saturated carbocycles. The van der Waals surface area contributed by atoms with Crippen LogP contribution < -0.4 is 11.5 Å². The van der Waals surface area contributed by atoms with Crippen LogP contribution in [0.15, 0.2) is 53.1 Å². The number of hydrogen-bond acceptors (Lipinski definition) is 6. The first kappa shape index (κ1) is 23.7. The van der Waals surface area contributed by atoms with E-state index in [2.05, 4.69) is 10.3 Å². The van der Waals surface area contributed by atoms with Gasteiger partial charge in [-0.25, -0.2) is 9.07 Å². The lowest BCUT2D eigenvalue weighted by Crippen LogP contribution is -2.19. The molecule has 0 saturated heterocycles. The normalized spacial score (nSPS) is 14.1. The maximum absolute atomic E-state index is 13.3. The van der Waals surface area contributed by atoms with Crippen molar-refractivity contribution in [1.82, 2.24) is 14.9 Å². The van der Waals surface area contributed by atoms with Crippen molar-refractivity contribution in [2.45, 2.75) is 38.1 Å². The van der Waals surface area contributed by atoms with E-state index in [1.165, 1.54) is 18.2 Å². The molecular formula is C26H23ClFN5O3. The van der Waals surface area contributed by atoms with E-state index >= 15 is 0 Å². The molecule has 184 valence electrons. The molecule has 0 atom stereocenters. The lowest BCUT2D eigenvalue weighted by Gasteiger charge is -2.10. The summed E-state index contributed by atoms with van der Waals surface area (Å²) in [6.45, 7) is 2.03. The molecule has 36 heavy (non-hydrogen) atoms. The summed E-state index contributed by atoms with van der Waals surface area (Å²) in [7, 11) is 0. The standard InChI is InChI=1S/C26H23ClFN5O3/c1-26(8-9-26)33-24(29)22(25(30)35)23(31-33)15-4-2-14(3-5-15)10-17(34)12-18-13-21(32-36-18)19-7-6-16(28)11-20(19)27/h2-7,11,13H,8-10,12,29H2,1H3,(H2,30,35). The Morgan fingerprint density at radius 3 is 2.50 bits per heavy atom. The number of nitrogens with two attached hydrogens (primary N) is 2. The van der Waals surface area contributed by atoms with Crippen LogP contribution in [0.25, 0.3) is 22.5 Å². The van der Waals surface area contributed by atoms with Crippen molar-refractivity contribution in [3.63, 3.8) is 0 Å². The molecule has 0 unspecified atom stereocenters. The van der Waals surface area contributed by atoms with E-state index < -0.39 is 11.7 Å². The first-order valence-corrected chi connectivity index (χ1v) is 11.7. The average Bonchev–Trinajstić information content (AvgIpc) is 3.23. The molecule has 1 aliphatic carbocycles. The van der Waals surface area contributed by atoms with Gasteiger partial charge in [-0.05, 0) is 43.5 Å². The summed E-state index contributed by atoms with van der Waals surface area (Å²) in [5.74, 6) is -0.513. The van der Waals surface area contributed by atoms with E-state index in [4.69, 9.17) is 27.6 Å². The van der Waals surface area contributed by atoms with E-state index in [1.807, 2.05) is 6.92 Å². The molecule has 4 aromatic rings. The van der Waals surface area contributed by atoms with Crippen LogP contribution in [0.4, 0.5) is 10.2 Å². The Morgan fingerprint density at radius 1 is 1.14 bits per heavy atom. The van der Waals surface area contributed by atoms with Gasteiger partial charge in [-0.3, -0.25) is 9.59 Å². The van der Waals surface area contributed by atoms with Gasteiger partial charge in [0.15, 0.2) is 0 Å². The highest BCUT2D eigenvalue weighted by Gasteiger charge is 2.43. The van der Waals surface area contributed by atoms with Crippen molar-refractivity contribution in [2.75, 3.05) is 5.73 Å². The van der Waals surface area contributed by atoms with E-state index in [9.17, 15) is 14.0 Å². The molecule has 2 aromatic heterocycles. The number of aromatic nitrogens is 3. The topological polar surface area (TPSA) is 130 Å². The van der Waals surface area contributed by atoms with Crippen molar-refractivity contribution in [2.24, 2.45) is 5.73 Å². The van der Waals surface area contributed by atoms with Gasteiger partial charge in [0, 0.05) is 23.6 Å². The summed E-state index contributed by atoms with van der Waals surface area (Å²) >= 11 is 6.08. The zero-order chi connectivity index (χ0) is 25.6. The Kier molecular flexibility index (Phi) is 5.88. The van der Waals surface area contributed by atoms with E-state index in [-0.39, 0.29) is 40.6 Å². The largest absolute Gasteiger partial charge is 0.383 e. The average molecular weight is 508 g/mol. The maximum atomic E-state index is 13.3. The fraction of sp³-hybridized carbons (Fsp3) is 0.231. The highest BCUT2D eigenvalue weighted by molar-refractivity contribution is 6.33. The number of nitrogens with zero attached hydrogens (tertiary/aromatic N) is 3. The number of Topliss-reactive ketones (excluding diaryl/α,β-unsaturated/α-hetero) is 1. The number of amides is 1. The molecule has 1 aliphatic rings. The number of ketones is 1. The Hall–Kier alpha value is -3.98. The fourth-order valence-corrected chi connectivity index (χ4v) is 4.43. The molecule has 10 heteroatoms. The quantitative estimate of drug-likeness (QED) is 0.360. The Labute approximate surface area is 211 Å². The molecule has 0 aliphatic heterocycles. The van der Waals surface area contributed by atoms with Crippen LogP contribution in [0, 0.1) is 5.82 Å². The van der Waals surface area contributed by atoms with Crippen LogP contribution in [0.1, 0.15) is 41.4 Å². The van der Waals surface area contributed by atoms with Gasteiger partial charge in [-0.2, -0.15) is 5.10 Å². The van der Waals surface area contributed by atoms with Gasteiger partial charge in [0.2, 0.25) is 0 Å². The van der Waals surface area contributed by atoms with Gasteiger partial charge in [-0.15, -0.1) is 0 Å². The summed E-state index contributed by atoms with van der Waals surface area (Å²) in [5, 5.41) is 8.75. The van der Waals surface area contributed by atoms with Crippen molar-refractivity contribution < 1.29 is 18.5 Å². The van der Waals surface area contributed by atoms with Crippen molar-refractivity contribution in [3.05, 3.63) is 76.3 Å². The van der Waals surface area contributed by atoms with Crippen LogP contribution in [0.2, 0.25) is 5.02 Å². The molecule has 2 aromatic carbocycles. The molecule has 0 bridgehead atoms. The summed E-state index contributed by atoms with van der Waals surface area (Å²) in [6, 6.07) is 12.8. The first-order valence-electron chi connectivity index (χ1n) is 11.4. The summed E-state index contributed by atoms with van der Waals surface area (Å²) in [5.41, 5.74) is 14.7. The van der Waals surface area contributed by atoms with Crippen molar-refractivity contribution in [3.8, 4) is 22.5 Å². The molecule has 1 amide bonds. The predicted octanol–water partition coefficient (Wildman–Crippen LogP) is 4.54. The molecule has 1 fully saturated rings. The van der Waals surface area contributed by atoms with Crippen LogP contribution in [0.3, 0.4) is 0 Å². The van der Waals surface area contributed by atoms with Crippen molar-refractivity contribution >= 4 is 29.1 Å². The summed E-state index contributed by atoms with van der Waals surface area (Å²) in [6.07, 6.45) is 2.08. The zero-order valence-electron chi connectivity index (χ0n) is 19.4. The Balaban J connectivity index is 1.29. The van der Waals surface area contributed by atoms with Gasteiger partial charge in [0.05, 0.1) is 17.0 Å². The Bertz CT molecular complexity index is 1490. The second kappa shape index (κ2) is 8.91. The third-order valence-corrected chi connectivity index (χ3v) is 6.73. The third kappa shape index (κ3) is 4.49. The number of primary amides is 1. The van der Waals surface area contributed by atoms with Crippen LogP contribution >= 0.6 is 11.6 Å². The molecule has 0 spiro atoms. The van der Waals surface area contributed by atoms with Gasteiger partial charge in [0.1, 0.15) is 40.1 Å². The lowest BCUT2D eigenvalue weighted by molar-refractivity contribution is -0.118. The number of carbonyl (C=O) groups is 2. The van der Waals surface area contributed by atoms with Crippen molar-refractivity contribution in [1.29, 1.82) is 0 Å². The molecule has 2 heterocycles. The number of halogens is 2. The van der Waals surface area contributed by atoms with Gasteiger partial charge < -0.3 is 16.0 Å². The third-order valence-electron chi connectivity index (χ3n) is 6.42. The van der Waals surface area contributed by atoms with Gasteiger partial charge in [-0.1, -0.05) is 41.0 Å². The highest BCUT2D eigenvalue weighted by atomic mass is 35.5. The van der Waals surface area contributed by atoms with Gasteiger partial charge >= 0.3 is 0 Å². The number of benzene rings is 2. The molecule has 0 radical (unpaired) electrons. The highest BCUT2D eigenvalue weighted by Crippen LogP contribution is 2.45. The first-order chi connectivity index (χ1) is 17.1. The van der Waals surface area contributed by atoms with Crippen LogP contribution in [-0.2, 0) is 23.2 Å². The number of carbonyl (C=O) groups excluding carboxylic acids is 2. The minimum atomic E-state index is -0.634. The SMILES string of the molecule is CC1(n2nc(-c3ccc(CC(=O)Cc4cc(-c5ccc(F)cc5Cl)no4)cc3)c(C(N)=O)c2N)CC1. The summed E-state index contributed by atoms with van der Waals surface area (Å²) < 4.78 is 20.3. The number of anilines is 1. The number of hydrogen-bond donors (Lipinski definition) is 2.